The van der Waals surface area contributed by atoms with Gasteiger partial charge < -0.3 is 16.0 Å². The van der Waals surface area contributed by atoms with Crippen LogP contribution in [0.3, 0.4) is 0 Å². The van der Waals surface area contributed by atoms with E-state index in [0.717, 1.165) is 17.1 Å². The Bertz CT molecular complexity index is 532. The normalized spacial score (nSPS) is 9.33. The standard InChI is InChI=1S/C14H18N4O.2ClH/c15-12-4-2-1-3-11(12)5-6-14(19)18-8-7-13-16-9-10-17-13;;/h1-4,9-10H,5-8,15H2,(H,16,17)(H,18,19);2*1H. The lowest BCUT2D eigenvalue weighted by atomic mass is 10.1. The number of halogens is 2. The quantitative estimate of drug-likeness (QED) is 0.709. The number of hydrogen-bond donors (Lipinski definition) is 3. The number of amides is 1. The van der Waals surface area contributed by atoms with Crippen LogP contribution in [0.4, 0.5) is 5.69 Å². The number of aromatic nitrogens is 2. The maximum atomic E-state index is 11.7. The van der Waals surface area contributed by atoms with Crippen LogP contribution in [0.1, 0.15) is 17.8 Å². The van der Waals surface area contributed by atoms with Gasteiger partial charge in [0.05, 0.1) is 0 Å². The molecule has 7 heteroatoms. The van der Waals surface area contributed by atoms with Crippen LogP contribution in [-0.4, -0.2) is 22.4 Å². The third kappa shape index (κ3) is 6.51. The molecular formula is C14H20Cl2N4O. The molecule has 0 bridgehead atoms. The zero-order valence-corrected chi connectivity index (χ0v) is 13.2. The van der Waals surface area contributed by atoms with Gasteiger partial charge in [-0.3, -0.25) is 4.79 Å². The first-order valence-electron chi connectivity index (χ1n) is 6.34. The number of nitrogens with zero attached hydrogens (tertiary/aromatic N) is 1. The molecule has 0 saturated heterocycles. The number of para-hydroxylation sites is 1. The van der Waals surface area contributed by atoms with Crippen LogP contribution in [0.25, 0.3) is 0 Å². The van der Waals surface area contributed by atoms with Gasteiger partial charge in [0.1, 0.15) is 5.82 Å². The largest absolute Gasteiger partial charge is 0.399 e. The molecule has 1 heterocycles. The predicted octanol–water partition coefficient (Wildman–Crippen LogP) is 2.13. The van der Waals surface area contributed by atoms with Crippen molar-refractivity contribution in [1.29, 1.82) is 0 Å². The van der Waals surface area contributed by atoms with Crippen LogP contribution in [0, 0.1) is 0 Å². The molecule has 0 aliphatic heterocycles. The molecule has 4 N–H and O–H groups in total. The monoisotopic (exact) mass is 330 g/mol. The molecule has 21 heavy (non-hydrogen) atoms. The summed E-state index contributed by atoms with van der Waals surface area (Å²) in [6.45, 7) is 0.594. The molecular weight excluding hydrogens is 311 g/mol. The van der Waals surface area contributed by atoms with E-state index in [9.17, 15) is 4.79 Å². The first-order chi connectivity index (χ1) is 9.25. The van der Waals surface area contributed by atoms with Crippen molar-refractivity contribution in [3.8, 4) is 0 Å². The number of aryl methyl sites for hydroxylation is 1. The van der Waals surface area contributed by atoms with Gasteiger partial charge in [-0.15, -0.1) is 24.8 Å². The van der Waals surface area contributed by atoms with Crippen LogP contribution in [0.15, 0.2) is 36.7 Å². The molecule has 0 spiro atoms. The first kappa shape index (κ1) is 19.3. The second-order valence-electron chi connectivity index (χ2n) is 4.33. The lowest BCUT2D eigenvalue weighted by Gasteiger charge is -2.06. The summed E-state index contributed by atoms with van der Waals surface area (Å²) in [5.74, 6) is 0.919. The van der Waals surface area contributed by atoms with Gasteiger partial charge >= 0.3 is 0 Å². The van der Waals surface area contributed by atoms with Gasteiger partial charge in [-0.2, -0.15) is 0 Å². The van der Waals surface area contributed by atoms with Crippen LogP contribution in [0.2, 0.25) is 0 Å². The fourth-order valence-corrected chi connectivity index (χ4v) is 1.85. The molecule has 116 valence electrons. The van der Waals surface area contributed by atoms with E-state index in [0.29, 0.717) is 25.8 Å². The summed E-state index contributed by atoms with van der Waals surface area (Å²) in [6, 6.07) is 7.62. The number of H-pyrrole nitrogens is 1. The fourth-order valence-electron chi connectivity index (χ4n) is 1.85. The number of rotatable bonds is 6. The molecule has 0 atom stereocenters. The zero-order valence-electron chi connectivity index (χ0n) is 11.5. The Morgan fingerprint density at radius 2 is 2.00 bits per heavy atom. The van der Waals surface area contributed by atoms with Gasteiger partial charge in [0, 0.05) is 37.5 Å². The molecule has 1 aromatic heterocycles. The summed E-state index contributed by atoms with van der Waals surface area (Å²) in [7, 11) is 0. The maximum absolute atomic E-state index is 11.7. The molecule has 0 aliphatic carbocycles. The Hall–Kier alpha value is -1.72. The Labute approximate surface area is 136 Å². The average molecular weight is 331 g/mol. The maximum Gasteiger partial charge on any atom is 0.220 e. The van der Waals surface area contributed by atoms with Crippen molar-refractivity contribution in [2.24, 2.45) is 0 Å². The molecule has 1 amide bonds. The predicted molar refractivity (Wildman–Crippen MR) is 89.0 cm³/mol. The van der Waals surface area contributed by atoms with Gasteiger partial charge in [0.2, 0.25) is 5.91 Å². The average Bonchev–Trinajstić information content (AvgIpc) is 2.91. The van der Waals surface area contributed by atoms with Crippen LogP contribution in [-0.2, 0) is 17.6 Å². The second kappa shape index (κ2) is 10.1. The van der Waals surface area contributed by atoms with E-state index in [1.165, 1.54) is 0 Å². The minimum Gasteiger partial charge on any atom is -0.399 e. The number of hydrogen-bond acceptors (Lipinski definition) is 3. The van der Waals surface area contributed by atoms with Crippen LogP contribution in [0.5, 0.6) is 0 Å². The first-order valence-corrected chi connectivity index (χ1v) is 6.34. The topological polar surface area (TPSA) is 83.8 Å². The van der Waals surface area contributed by atoms with E-state index in [2.05, 4.69) is 15.3 Å². The van der Waals surface area contributed by atoms with E-state index >= 15 is 0 Å². The van der Waals surface area contributed by atoms with Crippen LogP contribution < -0.4 is 11.1 Å². The van der Waals surface area contributed by atoms with Crippen molar-refractivity contribution < 1.29 is 4.79 Å². The van der Waals surface area contributed by atoms with Crippen molar-refractivity contribution in [3.63, 3.8) is 0 Å². The van der Waals surface area contributed by atoms with Gasteiger partial charge in [0.15, 0.2) is 0 Å². The molecule has 0 unspecified atom stereocenters. The third-order valence-corrected chi connectivity index (χ3v) is 2.92. The van der Waals surface area contributed by atoms with Crippen molar-refractivity contribution in [2.75, 3.05) is 12.3 Å². The highest BCUT2D eigenvalue weighted by Crippen LogP contribution is 2.12. The summed E-state index contributed by atoms with van der Waals surface area (Å²) in [4.78, 5) is 18.8. The Morgan fingerprint density at radius 1 is 1.24 bits per heavy atom. The SMILES string of the molecule is Cl.Cl.Nc1ccccc1CCC(=O)NCCc1ncc[nH]1. The number of imidazole rings is 1. The number of benzene rings is 1. The Morgan fingerprint density at radius 3 is 2.67 bits per heavy atom. The molecule has 0 fully saturated rings. The smallest absolute Gasteiger partial charge is 0.220 e. The minimum atomic E-state index is 0. The second-order valence-corrected chi connectivity index (χ2v) is 4.33. The number of carbonyl (C=O) groups is 1. The minimum absolute atomic E-state index is 0. The lowest BCUT2D eigenvalue weighted by Crippen LogP contribution is -2.26. The highest BCUT2D eigenvalue weighted by Gasteiger charge is 2.04. The number of nitrogens with one attached hydrogen (secondary N) is 2. The molecule has 2 aromatic rings. The van der Waals surface area contributed by atoms with E-state index < -0.39 is 0 Å². The molecule has 2 rings (SSSR count). The lowest BCUT2D eigenvalue weighted by molar-refractivity contribution is -0.121. The Kier molecular flexibility index (Phi) is 9.25. The van der Waals surface area contributed by atoms with Gasteiger partial charge in [-0.1, -0.05) is 18.2 Å². The van der Waals surface area contributed by atoms with Crippen molar-refractivity contribution in [1.82, 2.24) is 15.3 Å². The number of aromatic amines is 1. The molecule has 5 nitrogen and oxygen atoms in total. The van der Waals surface area contributed by atoms with E-state index in [1.54, 1.807) is 12.4 Å². The molecule has 0 saturated carbocycles. The summed E-state index contributed by atoms with van der Waals surface area (Å²) >= 11 is 0. The van der Waals surface area contributed by atoms with E-state index in [4.69, 9.17) is 5.73 Å². The Balaban J connectivity index is 0.00000200. The highest BCUT2D eigenvalue weighted by atomic mass is 35.5. The van der Waals surface area contributed by atoms with Gasteiger partial charge in [0.25, 0.3) is 0 Å². The summed E-state index contributed by atoms with van der Waals surface area (Å²) in [6.07, 6.45) is 5.31. The molecule has 0 aliphatic rings. The van der Waals surface area contributed by atoms with E-state index in [1.807, 2.05) is 24.3 Å². The number of carbonyl (C=O) groups excluding carboxylic acids is 1. The van der Waals surface area contributed by atoms with Crippen LogP contribution >= 0.6 is 24.8 Å². The van der Waals surface area contributed by atoms with E-state index in [-0.39, 0.29) is 30.7 Å². The summed E-state index contributed by atoms with van der Waals surface area (Å²) < 4.78 is 0. The molecule has 0 radical (unpaired) electrons. The third-order valence-electron chi connectivity index (χ3n) is 2.92. The summed E-state index contributed by atoms with van der Waals surface area (Å²) in [5, 5.41) is 2.87. The number of nitrogens with two attached hydrogens (primary N) is 1. The fraction of sp³-hybridized carbons (Fsp3) is 0.286. The summed E-state index contributed by atoms with van der Waals surface area (Å²) in [5.41, 5.74) is 7.59. The van der Waals surface area contributed by atoms with Crippen molar-refractivity contribution in [2.45, 2.75) is 19.3 Å². The van der Waals surface area contributed by atoms with Crippen molar-refractivity contribution >= 4 is 36.4 Å². The highest BCUT2D eigenvalue weighted by molar-refractivity contribution is 5.85. The molecule has 1 aromatic carbocycles. The van der Waals surface area contributed by atoms with Gasteiger partial charge in [-0.25, -0.2) is 4.98 Å². The van der Waals surface area contributed by atoms with Gasteiger partial charge in [-0.05, 0) is 18.1 Å². The number of nitrogen functional groups attached to an aromatic ring is 1. The number of anilines is 1. The zero-order chi connectivity index (χ0) is 13.5. The van der Waals surface area contributed by atoms with Crippen molar-refractivity contribution in [3.05, 3.63) is 48.0 Å².